The van der Waals surface area contributed by atoms with E-state index >= 15 is 0 Å². The van der Waals surface area contributed by atoms with Crippen molar-refractivity contribution in [2.75, 3.05) is 20.8 Å². The Hall–Kier alpha value is -2.22. The summed E-state index contributed by atoms with van der Waals surface area (Å²) in [6.45, 7) is 11.9. The lowest BCUT2D eigenvalue weighted by atomic mass is 9.68. The fourth-order valence-corrected chi connectivity index (χ4v) is 7.13. The third kappa shape index (κ3) is 5.64. The van der Waals surface area contributed by atoms with Crippen LogP contribution in [0, 0.1) is 0 Å². The summed E-state index contributed by atoms with van der Waals surface area (Å²) in [7, 11) is 1.23. The highest BCUT2D eigenvalue weighted by Crippen LogP contribution is 2.56. The molecule has 200 valence electrons. The second-order valence-electron chi connectivity index (χ2n) is 11.5. The average molecular weight is 541 g/mol. The van der Waals surface area contributed by atoms with Crippen molar-refractivity contribution >= 4 is 26.0 Å². The van der Waals surface area contributed by atoms with E-state index in [-0.39, 0.29) is 28.8 Å². The number of fused-ring (bicyclic) bond motifs is 3. The highest BCUT2D eigenvalue weighted by Gasteiger charge is 2.53. The van der Waals surface area contributed by atoms with E-state index in [0.717, 1.165) is 29.7 Å². The summed E-state index contributed by atoms with van der Waals surface area (Å²) >= 11 is 1.82. The minimum atomic E-state index is -1.88. The molecule has 0 fully saturated rings. The number of rotatable bonds is 9. The third-order valence-electron chi connectivity index (χ3n) is 8.12. The fraction of sp³-hybridized carbons (Fsp3) is 0.500. The standard InChI is InChI=1S/C30H40O5SSi/c1-29(2,3)37(6,7)34-18-16-21-13-14-24(32-4)28-27(21)30(20-26(31)33-5)17-15-23(19-25(30)35-28)36-22-11-9-8-10-12-22/h8-15,17,23,25H,16,18-20H2,1-7H3/t23-,25+,30+/m1/s1. The van der Waals surface area contributed by atoms with Gasteiger partial charge in [-0.05, 0) is 48.3 Å². The minimum absolute atomic E-state index is 0.146. The van der Waals surface area contributed by atoms with E-state index in [1.165, 1.54) is 12.0 Å². The molecule has 1 aliphatic heterocycles. The van der Waals surface area contributed by atoms with Crippen LogP contribution < -0.4 is 9.47 Å². The van der Waals surface area contributed by atoms with Crippen LogP contribution in [-0.2, 0) is 25.8 Å². The number of thioether (sulfide) groups is 1. The van der Waals surface area contributed by atoms with Crippen LogP contribution in [0.2, 0.25) is 18.1 Å². The average Bonchev–Trinajstić information content (AvgIpc) is 3.18. The number of esters is 1. The predicted molar refractivity (Wildman–Crippen MR) is 152 cm³/mol. The van der Waals surface area contributed by atoms with Crippen LogP contribution in [-0.4, -0.2) is 46.5 Å². The van der Waals surface area contributed by atoms with Crippen LogP contribution in [0.1, 0.15) is 44.7 Å². The molecule has 2 aromatic rings. The van der Waals surface area contributed by atoms with Crippen LogP contribution in [0.4, 0.5) is 0 Å². The van der Waals surface area contributed by atoms with Gasteiger partial charge in [0.1, 0.15) is 6.10 Å². The zero-order valence-corrected chi connectivity index (χ0v) is 24.9. The van der Waals surface area contributed by atoms with Gasteiger partial charge in [0, 0.05) is 28.7 Å². The Balaban J connectivity index is 1.69. The summed E-state index contributed by atoms with van der Waals surface area (Å²) in [5.41, 5.74) is 1.58. The molecule has 1 heterocycles. The van der Waals surface area contributed by atoms with E-state index in [9.17, 15) is 4.79 Å². The molecular weight excluding hydrogens is 500 g/mol. The van der Waals surface area contributed by atoms with Gasteiger partial charge in [-0.15, -0.1) is 11.8 Å². The second kappa shape index (κ2) is 10.9. The zero-order chi connectivity index (χ0) is 26.8. The maximum absolute atomic E-state index is 12.8. The largest absolute Gasteiger partial charge is 0.493 e. The molecule has 2 aromatic carbocycles. The van der Waals surface area contributed by atoms with Crippen molar-refractivity contribution in [2.24, 2.45) is 0 Å². The first-order chi connectivity index (χ1) is 17.5. The van der Waals surface area contributed by atoms with E-state index in [2.05, 4.69) is 76.3 Å². The maximum atomic E-state index is 12.8. The van der Waals surface area contributed by atoms with Crippen molar-refractivity contribution in [1.29, 1.82) is 0 Å². The van der Waals surface area contributed by atoms with Crippen molar-refractivity contribution in [2.45, 2.75) is 79.8 Å². The number of hydrogen-bond acceptors (Lipinski definition) is 6. The Labute approximate surface area is 227 Å². The van der Waals surface area contributed by atoms with Gasteiger partial charge in [0.25, 0.3) is 0 Å². The van der Waals surface area contributed by atoms with E-state index in [1.54, 1.807) is 7.11 Å². The molecule has 5 nitrogen and oxygen atoms in total. The molecule has 0 saturated carbocycles. The van der Waals surface area contributed by atoms with E-state index < -0.39 is 13.7 Å². The molecule has 7 heteroatoms. The van der Waals surface area contributed by atoms with Crippen molar-refractivity contribution in [3.05, 3.63) is 65.7 Å². The third-order valence-corrected chi connectivity index (χ3v) is 13.9. The smallest absolute Gasteiger partial charge is 0.306 e. The van der Waals surface area contributed by atoms with Crippen molar-refractivity contribution in [1.82, 2.24) is 0 Å². The molecule has 0 aromatic heterocycles. The molecule has 0 radical (unpaired) electrons. The molecule has 0 unspecified atom stereocenters. The summed E-state index contributed by atoms with van der Waals surface area (Å²) in [6.07, 6.45) is 6.00. The molecule has 37 heavy (non-hydrogen) atoms. The quantitative estimate of drug-likeness (QED) is 0.195. The monoisotopic (exact) mass is 540 g/mol. The lowest BCUT2D eigenvalue weighted by Gasteiger charge is -2.37. The molecule has 0 bridgehead atoms. The summed E-state index contributed by atoms with van der Waals surface area (Å²) in [5.74, 6) is 1.20. The van der Waals surface area contributed by atoms with Crippen LogP contribution in [0.3, 0.4) is 0 Å². The van der Waals surface area contributed by atoms with Gasteiger partial charge in [-0.2, -0.15) is 0 Å². The Kier molecular flexibility index (Phi) is 8.17. The summed E-state index contributed by atoms with van der Waals surface area (Å²) < 4.78 is 24.1. The van der Waals surface area contributed by atoms with Gasteiger partial charge >= 0.3 is 5.97 Å². The molecule has 4 rings (SSSR count). The van der Waals surface area contributed by atoms with E-state index in [0.29, 0.717) is 12.4 Å². The molecule has 0 saturated heterocycles. The van der Waals surface area contributed by atoms with Crippen molar-refractivity contribution in [3.8, 4) is 11.5 Å². The molecule has 0 N–H and O–H groups in total. The lowest BCUT2D eigenvalue weighted by Crippen LogP contribution is -2.43. The van der Waals surface area contributed by atoms with Crippen molar-refractivity contribution in [3.63, 3.8) is 0 Å². The second-order valence-corrected chi connectivity index (χ2v) is 17.6. The minimum Gasteiger partial charge on any atom is -0.493 e. The Bertz CT molecular complexity index is 1140. The highest BCUT2D eigenvalue weighted by atomic mass is 32.2. The maximum Gasteiger partial charge on any atom is 0.306 e. The number of ether oxygens (including phenoxy) is 3. The van der Waals surface area contributed by atoms with Gasteiger partial charge in [0.05, 0.1) is 26.1 Å². The van der Waals surface area contributed by atoms with Gasteiger partial charge < -0.3 is 18.6 Å². The first kappa shape index (κ1) is 27.8. The number of carbonyl (C=O) groups excluding carboxylic acids is 1. The Morgan fingerprint density at radius 2 is 1.86 bits per heavy atom. The topological polar surface area (TPSA) is 54.0 Å². The number of carbonyl (C=O) groups is 1. The van der Waals surface area contributed by atoms with Gasteiger partial charge in [-0.25, -0.2) is 0 Å². The van der Waals surface area contributed by atoms with E-state index in [1.807, 2.05) is 23.9 Å². The molecule has 1 aliphatic carbocycles. The Morgan fingerprint density at radius 1 is 1.14 bits per heavy atom. The molecule has 0 spiro atoms. The molecule has 2 aliphatic rings. The highest BCUT2D eigenvalue weighted by molar-refractivity contribution is 8.00. The zero-order valence-electron chi connectivity index (χ0n) is 23.1. The van der Waals surface area contributed by atoms with Crippen LogP contribution in [0.15, 0.2) is 59.5 Å². The van der Waals surface area contributed by atoms with Gasteiger partial charge in [-0.1, -0.05) is 57.2 Å². The number of methoxy groups -OCH3 is 2. The number of hydrogen-bond donors (Lipinski definition) is 0. The number of benzene rings is 2. The first-order valence-electron chi connectivity index (χ1n) is 13.0. The van der Waals surface area contributed by atoms with Crippen LogP contribution >= 0.6 is 11.8 Å². The Morgan fingerprint density at radius 3 is 2.51 bits per heavy atom. The molecule has 3 atom stereocenters. The summed E-state index contributed by atoms with van der Waals surface area (Å²) in [5, 5.41) is 0.385. The van der Waals surface area contributed by atoms with Gasteiger partial charge in [0.15, 0.2) is 19.8 Å². The SMILES string of the molecule is COC(=O)C[C@@]12C=C[C@@H](Sc3ccccc3)C[C@@H]1Oc1c(OC)ccc(CCO[Si](C)(C)C(C)(C)C)c12. The predicted octanol–water partition coefficient (Wildman–Crippen LogP) is 6.94. The van der Waals surface area contributed by atoms with E-state index in [4.69, 9.17) is 18.6 Å². The van der Waals surface area contributed by atoms with Crippen LogP contribution in [0.5, 0.6) is 11.5 Å². The first-order valence-corrected chi connectivity index (χ1v) is 16.8. The van der Waals surface area contributed by atoms with Gasteiger partial charge in [0.2, 0.25) is 0 Å². The summed E-state index contributed by atoms with van der Waals surface area (Å²) in [4.78, 5) is 14.0. The van der Waals surface area contributed by atoms with Crippen molar-refractivity contribution < 1.29 is 23.4 Å². The molecule has 0 amide bonds. The lowest BCUT2D eigenvalue weighted by molar-refractivity contribution is -0.142. The van der Waals surface area contributed by atoms with Gasteiger partial charge in [-0.3, -0.25) is 4.79 Å². The fourth-order valence-electron chi connectivity index (χ4n) is 4.99. The normalized spacial score (nSPS) is 22.7. The molecular formula is C30H40O5SSi. The van der Waals surface area contributed by atoms with Crippen LogP contribution in [0.25, 0.3) is 0 Å². The summed E-state index contributed by atoms with van der Waals surface area (Å²) in [6, 6.07) is 14.5.